The molecule has 9 nitrogen and oxygen atoms in total. The number of methoxy groups -OCH3 is 1. The van der Waals surface area contributed by atoms with Crippen molar-refractivity contribution in [1.29, 1.82) is 0 Å². The van der Waals surface area contributed by atoms with E-state index in [0.717, 1.165) is 15.9 Å². The lowest BCUT2D eigenvalue weighted by Crippen LogP contribution is -2.40. The standard InChI is InChI=1S/C32H34F3N5O4S/c1-38(2)24-11-9-23(10-12-24)37-28-7-4-8-30-27(28)20-25(40(30)22-32(33,34)35)6-5-15-36-29-14-13-26(21-31(29)43-3)45(41,42)39-16-18-44-19-17-39/h4,7-14,20-21,36-37H,15-19,22H2,1-3H3. The summed E-state index contributed by atoms with van der Waals surface area (Å²) in [5.74, 6) is 6.08. The van der Waals surface area contributed by atoms with E-state index in [1.807, 2.05) is 49.3 Å². The van der Waals surface area contributed by atoms with Gasteiger partial charge in [-0.1, -0.05) is 12.0 Å². The summed E-state index contributed by atoms with van der Waals surface area (Å²) in [6.07, 6.45) is -4.46. The Morgan fingerprint density at radius 3 is 2.40 bits per heavy atom. The van der Waals surface area contributed by atoms with E-state index in [4.69, 9.17) is 9.47 Å². The van der Waals surface area contributed by atoms with Gasteiger partial charge in [-0.15, -0.1) is 0 Å². The fourth-order valence-electron chi connectivity index (χ4n) is 5.03. The number of rotatable bonds is 9. The zero-order valence-corrected chi connectivity index (χ0v) is 25.9. The van der Waals surface area contributed by atoms with Crippen molar-refractivity contribution >= 4 is 43.7 Å². The number of hydrogen-bond acceptors (Lipinski definition) is 7. The molecule has 0 radical (unpaired) electrons. The van der Waals surface area contributed by atoms with E-state index in [2.05, 4.69) is 22.5 Å². The van der Waals surface area contributed by atoms with Crippen LogP contribution in [0.3, 0.4) is 0 Å². The highest BCUT2D eigenvalue weighted by molar-refractivity contribution is 7.89. The maximum atomic E-state index is 13.6. The number of sulfonamides is 1. The van der Waals surface area contributed by atoms with E-state index in [1.165, 1.54) is 23.5 Å². The van der Waals surface area contributed by atoms with Crippen molar-refractivity contribution in [2.75, 3.05) is 69.6 Å². The maximum absolute atomic E-state index is 13.6. The summed E-state index contributed by atoms with van der Waals surface area (Å²) < 4.78 is 80.2. The topological polar surface area (TPSA) is 88.1 Å². The van der Waals surface area contributed by atoms with Gasteiger partial charge in [0.05, 0.1) is 48.7 Å². The molecule has 1 aliphatic heterocycles. The van der Waals surface area contributed by atoms with Gasteiger partial charge in [-0.3, -0.25) is 0 Å². The van der Waals surface area contributed by atoms with Crippen LogP contribution in [0.2, 0.25) is 0 Å². The molecule has 0 bridgehead atoms. The molecule has 0 spiro atoms. The summed E-state index contributed by atoms with van der Waals surface area (Å²) in [5.41, 5.74) is 3.58. The van der Waals surface area contributed by atoms with Crippen LogP contribution in [0.25, 0.3) is 10.9 Å². The first-order valence-corrected chi connectivity index (χ1v) is 15.6. The average Bonchev–Trinajstić information content (AvgIpc) is 3.36. The normalized spacial score (nSPS) is 14.1. The molecule has 1 saturated heterocycles. The molecule has 1 aliphatic rings. The van der Waals surface area contributed by atoms with E-state index in [1.54, 1.807) is 24.3 Å². The predicted octanol–water partition coefficient (Wildman–Crippen LogP) is 5.51. The van der Waals surface area contributed by atoms with Gasteiger partial charge in [0, 0.05) is 55.7 Å². The number of nitrogens with one attached hydrogen (secondary N) is 2. The molecule has 45 heavy (non-hydrogen) atoms. The molecule has 0 saturated carbocycles. The van der Waals surface area contributed by atoms with Gasteiger partial charge in [-0.25, -0.2) is 8.42 Å². The molecule has 0 unspecified atom stereocenters. The molecule has 2 heterocycles. The Labute approximate surface area is 260 Å². The van der Waals surface area contributed by atoms with Gasteiger partial charge >= 0.3 is 6.18 Å². The van der Waals surface area contributed by atoms with Crippen molar-refractivity contribution in [2.45, 2.75) is 17.6 Å². The zero-order valence-electron chi connectivity index (χ0n) is 25.1. The van der Waals surface area contributed by atoms with Gasteiger partial charge in [0.25, 0.3) is 0 Å². The van der Waals surface area contributed by atoms with Crippen LogP contribution in [0.4, 0.5) is 35.9 Å². The molecule has 0 amide bonds. The van der Waals surface area contributed by atoms with Crippen LogP contribution in [0.15, 0.2) is 71.6 Å². The minimum Gasteiger partial charge on any atom is -0.495 e. The van der Waals surface area contributed by atoms with Gasteiger partial charge in [0.1, 0.15) is 12.3 Å². The Kier molecular flexibility index (Phi) is 9.48. The number of morpholine rings is 1. The lowest BCUT2D eigenvalue weighted by Gasteiger charge is -2.26. The average molecular weight is 642 g/mol. The highest BCUT2D eigenvalue weighted by atomic mass is 32.2. The molecule has 238 valence electrons. The fourth-order valence-corrected chi connectivity index (χ4v) is 6.46. The molecule has 2 N–H and O–H groups in total. The zero-order chi connectivity index (χ0) is 32.2. The first-order chi connectivity index (χ1) is 21.5. The van der Waals surface area contributed by atoms with Crippen LogP contribution < -0.4 is 20.3 Å². The second-order valence-corrected chi connectivity index (χ2v) is 12.5. The lowest BCUT2D eigenvalue weighted by atomic mass is 10.2. The monoisotopic (exact) mass is 641 g/mol. The Morgan fingerprint density at radius 2 is 1.73 bits per heavy atom. The lowest BCUT2D eigenvalue weighted by molar-refractivity contribution is -0.140. The summed E-state index contributed by atoms with van der Waals surface area (Å²) >= 11 is 0. The summed E-state index contributed by atoms with van der Waals surface area (Å²) in [7, 11) is 1.59. The van der Waals surface area contributed by atoms with Gasteiger partial charge < -0.3 is 29.6 Å². The van der Waals surface area contributed by atoms with Crippen LogP contribution in [0.5, 0.6) is 5.75 Å². The number of nitrogens with zero attached hydrogens (tertiary/aromatic N) is 3. The number of benzene rings is 3. The number of ether oxygens (including phenoxy) is 2. The van der Waals surface area contributed by atoms with Crippen molar-refractivity contribution in [2.24, 2.45) is 0 Å². The van der Waals surface area contributed by atoms with Crippen molar-refractivity contribution in [3.63, 3.8) is 0 Å². The van der Waals surface area contributed by atoms with Gasteiger partial charge in [-0.05, 0) is 60.5 Å². The fraction of sp³-hybridized carbons (Fsp3) is 0.312. The first kappa shape index (κ1) is 32.0. The van der Waals surface area contributed by atoms with Crippen molar-refractivity contribution < 1.29 is 31.1 Å². The molecule has 0 atom stereocenters. The van der Waals surface area contributed by atoms with Crippen LogP contribution in [0, 0.1) is 11.8 Å². The smallest absolute Gasteiger partial charge is 0.406 e. The molecule has 0 aliphatic carbocycles. The van der Waals surface area contributed by atoms with Gasteiger partial charge in [0.2, 0.25) is 10.0 Å². The Hall–Kier alpha value is -4.38. The third-order valence-corrected chi connectivity index (χ3v) is 9.21. The third-order valence-electron chi connectivity index (χ3n) is 7.31. The number of alkyl halides is 3. The molecule has 1 aromatic heterocycles. The second kappa shape index (κ2) is 13.3. The molecule has 4 aromatic rings. The van der Waals surface area contributed by atoms with E-state index < -0.39 is 22.7 Å². The van der Waals surface area contributed by atoms with E-state index in [9.17, 15) is 21.6 Å². The largest absolute Gasteiger partial charge is 0.495 e. The van der Waals surface area contributed by atoms with E-state index in [-0.39, 0.29) is 30.2 Å². The highest BCUT2D eigenvalue weighted by Gasteiger charge is 2.30. The van der Waals surface area contributed by atoms with Crippen LogP contribution in [0.1, 0.15) is 5.69 Å². The predicted molar refractivity (Wildman–Crippen MR) is 170 cm³/mol. The Balaban J connectivity index is 1.38. The van der Waals surface area contributed by atoms with Crippen molar-refractivity contribution in [1.82, 2.24) is 8.87 Å². The summed E-state index contributed by atoms with van der Waals surface area (Å²) in [6.45, 7) is 0.0859. The molecule has 1 fully saturated rings. The Bertz CT molecular complexity index is 1820. The number of hydrogen-bond donors (Lipinski definition) is 2. The first-order valence-electron chi connectivity index (χ1n) is 14.2. The van der Waals surface area contributed by atoms with Gasteiger partial charge in [-0.2, -0.15) is 17.5 Å². The highest BCUT2D eigenvalue weighted by Crippen LogP contribution is 2.33. The molecule has 13 heteroatoms. The number of fused-ring (bicyclic) bond motifs is 1. The van der Waals surface area contributed by atoms with Crippen molar-refractivity contribution in [3.8, 4) is 17.6 Å². The number of aromatic nitrogens is 1. The Morgan fingerprint density at radius 1 is 1.00 bits per heavy atom. The second-order valence-electron chi connectivity index (χ2n) is 10.6. The van der Waals surface area contributed by atoms with Crippen LogP contribution in [-0.4, -0.2) is 77.5 Å². The minimum absolute atomic E-state index is 0.0722. The van der Waals surface area contributed by atoms with E-state index >= 15 is 0 Å². The summed E-state index contributed by atoms with van der Waals surface area (Å²) in [4.78, 5) is 2.07. The van der Waals surface area contributed by atoms with Crippen LogP contribution in [-0.2, 0) is 21.3 Å². The molecular weight excluding hydrogens is 607 g/mol. The van der Waals surface area contributed by atoms with E-state index in [0.29, 0.717) is 41.2 Å². The van der Waals surface area contributed by atoms with Crippen LogP contribution >= 0.6 is 0 Å². The minimum atomic E-state index is -4.46. The number of halogens is 3. The molecular formula is C32H34F3N5O4S. The summed E-state index contributed by atoms with van der Waals surface area (Å²) in [5, 5.41) is 7.00. The SMILES string of the molecule is COc1cc(S(=O)(=O)N2CCOCC2)ccc1NCC#Cc1cc2c(Nc3ccc(N(C)C)cc3)cccc2n1CC(F)(F)F. The third kappa shape index (κ3) is 7.47. The number of anilines is 4. The molecule has 3 aromatic carbocycles. The van der Waals surface area contributed by atoms with Gasteiger partial charge in [0.15, 0.2) is 0 Å². The molecule has 5 rings (SSSR count). The summed E-state index contributed by atoms with van der Waals surface area (Å²) in [6, 6.07) is 19.0. The van der Waals surface area contributed by atoms with Crippen molar-refractivity contribution in [3.05, 3.63) is 72.4 Å². The maximum Gasteiger partial charge on any atom is 0.406 e. The quantitative estimate of drug-likeness (QED) is 0.233.